The Labute approximate surface area is 141 Å². The van der Waals surface area contributed by atoms with Gasteiger partial charge >= 0.3 is 11.9 Å². The Balaban J connectivity index is 2.39. The number of rotatable bonds is 6. The van der Waals surface area contributed by atoms with E-state index in [1.807, 2.05) is 0 Å². The first kappa shape index (κ1) is 17.5. The van der Waals surface area contributed by atoms with Gasteiger partial charge in [0, 0.05) is 0 Å². The average molecular weight is 324 g/mol. The van der Waals surface area contributed by atoms with Gasteiger partial charge in [-0.15, -0.1) is 0 Å². The second-order valence-electron chi connectivity index (χ2n) is 5.77. The lowest BCUT2D eigenvalue weighted by atomic mass is 9.99. The van der Waals surface area contributed by atoms with Crippen LogP contribution in [0.4, 0.5) is 0 Å². The van der Waals surface area contributed by atoms with Gasteiger partial charge in [0.2, 0.25) is 0 Å². The molecule has 0 aliphatic heterocycles. The van der Waals surface area contributed by atoms with Gasteiger partial charge in [0.05, 0.1) is 11.1 Å². The van der Waals surface area contributed by atoms with E-state index in [1.54, 1.807) is 50.2 Å². The Bertz CT molecular complexity index is 749. The number of carbonyl (C=O) groups excluding carboxylic acids is 2. The monoisotopic (exact) mass is 324 g/mol. The van der Waals surface area contributed by atoms with Crippen LogP contribution in [-0.2, 0) is 9.47 Å². The highest BCUT2D eigenvalue weighted by Crippen LogP contribution is 2.24. The molecule has 4 heteroatoms. The van der Waals surface area contributed by atoms with Crippen molar-refractivity contribution in [2.45, 2.75) is 13.8 Å². The number of benzene rings is 2. The topological polar surface area (TPSA) is 52.6 Å². The second-order valence-corrected chi connectivity index (χ2v) is 5.77. The highest BCUT2D eigenvalue weighted by atomic mass is 16.5. The molecule has 24 heavy (non-hydrogen) atoms. The summed E-state index contributed by atoms with van der Waals surface area (Å²) in [4.78, 5) is 24.5. The van der Waals surface area contributed by atoms with Crippen molar-refractivity contribution in [2.75, 3.05) is 13.2 Å². The summed E-state index contributed by atoms with van der Waals surface area (Å²) >= 11 is 0. The van der Waals surface area contributed by atoms with E-state index in [-0.39, 0.29) is 13.2 Å². The Morgan fingerprint density at radius 1 is 0.792 bits per heavy atom. The minimum absolute atomic E-state index is 0.162. The molecule has 0 heterocycles. The van der Waals surface area contributed by atoms with E-state index in [1.165, 1.54) is 0 Å². The third kappa shape index (κ3) is 4.10. The molecule has 0 saturated carbocycles. The van der Waals surface area contributed by atoms with Crippen molar-refractivity contribution in [2.24, 2.45) is 0 Å². The molecule has 0 spiro atoms. The summed E-state index contributed by atoms with van der Waals surface area (Å²) in [5, 5.41) is 1.29. The predicted octanol–water partition coefficient (Wildman–Crippen LogP) is 4.31. The lowest BCUT2D eigenvalue weighted by Crippen LogP contribution is -2.11. The first-order valence-electron chi connectivity index (χ1n) is 7.55. The van der Waals surface area contributed by atoms with Crippen molar-refractivity contribution in [3.05, 3.63) is 71.8 Å². The molecule has 0 aromatic heterocycles. The second kappa shape index (κ2) is 7.59. The molecule has 0 aliphatic carbocycles. The Kier molecular flexibility index (Phi) is 5.53. The summed E-state index contributed by atoms with van der Waals surface area (Å²) in [6, 6.07) is 10.3. The van der Waals surface area contributed by atoms with Crippen LogP contribution in [0.1, 0.15) is 34.6 Å². The van der Waals surface area contributed by atoms with Crippen LogP contribution in [0.3, 0.4) is 0 Å². The Hall–Kier alpha value is -2.88. The normalized spacial score (nSPS) is 10.2. The van der Waals surface area contributed by atoms with E-state index in [4.69, 9.17) is 9.47 Å². The number of carbonyl (C=O) groups is 2. The molecule has 0 fully saturated rings. The van der Waals surface area contributed by atoms with E-state index in [0.29, 0.717) is 21.9 Å². The number of esters is 2. The van der Waals surface area contributed by atoms with Crippen LogP contribution >= 0.6 is 0 Å². The van der Waals surface area contributed by atoms with Gasteiger partial charge in [-0.25, -0.2) is 9.59 Å². The van der Waals surface area contributed by atoms with Crippen molar-refractivity contribution in [1.82, 2.24) is 0 Å². The Morgan fingerprint density at radius 3 is 1.50 bits per heavy atom. The van der Waals surface area contributed by atoms with Crippen LogP contribution < -0.4 is 0 Å². The van der Waals surface area contributed by atoms with E-state index in [2.05, 4.69) is 13.2 Å². The first-order chi connectivity index (χ1) is 11.4. The first-order valence-corrected chi connectivity index (χ1v) is 7.55. The van der Waals surface area contributed by atoms with E-state index >= 15 is 0 Å². The molecule has 2 aromatic carbocycles. The summed E-state index contributed by atoms with van der Waals surface area (Å²) in [6.07, 6.45) is 0. The van der Waals surface area contributed by atoms with Gasteiger partial charge in [-0.1, -0.05) is 37.4 Å². The highest BCUT2D eigenvalue weighted by molar-refractivity contribution is 6.11. The molecular weight excluding hydrogens is 304 g/mol. The van der Waals surface area contributed by atoms with Crippen LogP contribution in [0, 0.1) is 0 Å². The minimum Gasteiger partial charge on any atom is -0.458 e. The predicted molar refractivity (Wildman–Crippen MR) is 94.1 cm³/mol. The Morgan fingerprint density at radius 2 is 1.17 bits per heavy atom. The van der Waals surface area contributed by atoms with Crippen molar-refractivity contribution >= 4 is 22.7 Å². The fourth-order valence-electron chi connectivity index (χ4n) is 2.19. The molecule has 0 aliphatic rings. The summed E-state index contributed by atoms with van der Waals surface area (Å²) in [6.45, 7) is 11.3. The average Bonchev–Trinajstić information content (AvgIpc) is 2.56. The van der Waals surface area contributed by atoms with Gasteiger partial charge in [-0.05, 0) is 47.9 Å². The van der Waals surface area contributed by atoms with E-state index in [9.17, 15) is 9.59 Å². The molecule has 0 bridgehead atoms. The lowest BCUT2D eigenvalue weighted by molar-refractivity contribution is 0.0529. The van der Waals surface area contributed by atoms with Crippen LogP contribution in [0.15, 0.2) is 60.7 Å². The van der Waals surface area contributed by atoms with Crippen LogP contribution in [0.2, 0.25) is 0 Å². The molecule has 0 radical (unpaired) electrons. The maximum Gasteiger partial charge on any atom is 0.339 e. The van der Waals surface area contributed by atoms with Gasteiger partial charge in [-0.3, -0.25) is 0 Å². The number of fused-ring (bicyclic) bond motifs is 1. The summed E-state index contributed by atoms with van der Waals surface area (Å²) < 4.78 is 10.4. The van der Waals surface area contributed by atoms with Crippen LogP contribution in [0.25, 0.3) is 10.8 Å². The van der Waals surface area contributed by atoms with Crippen LogP contribution in [-0.4, -0.2) is 25.2 Å². The molecule has 4 nitrogen and oxygen atoms in total. The maximum absolute atomic E-state index is 12.3. The number of hydrogen-bond acceptors (Lipinski definition) is 4. The van der Waals surface area contributed by atoms with Crippen molar-refractivity contribution in [3.63, 3.8) is 0 Å². The molecule has 0 atom stereocenters. The molecule has 0 N–H and O–H groups in total. The third-order valence-electron chi connectivity index (χ3n) is 3.26. The molecular formula is C20H20O4. The fourth-order valence-corrected chi connectivity index (χ4v) is 2.19. The SMILES string of the molecule is C=C(C)COC(=O)c1ccc(C(=O)OCC(=C)C)c2ccccc12. The maximum atomic E-state index is 12.3. The zero-order chi connectivity index (χ0) is 17.7. The van der Waals surface area contributed by atoms with Gasteiger partial charge in [0.25, 0.3) is 0 Å². The van der Waals surface area contributed by atoms with Gasteiger partial charge in [0.1, 0.15) is 13.2 Å². The molecule has 0 unspecified atom stereocenters. The van der Waals surface area contributed by atoms with Crippen LogP contribution in [0.5, 0.6) is 0 Å². The van der Waals surface area contributed by atoms with Gasteiger partial charge < -0.3 is 9.47 Å². The summed E-state index contributed by atoms with van der Waals surface area (Å²) in [5.41, 5.74) is 2.33. The number of hydrogen-bond donors (Lipinski definition) is 0. The lowest BCUT2D eigenvalue weighted by Gasteiger charge is -2.11. The molecule has 124 valence electrons. The van der Waals surface area contributed by atoms with E-state index in [0.717, 1.165) is 11.1 Å². The van der Waals surface area contributed by atoms with Crippen molar-refractivity contribution in [1.29, 1.82) is 0 Å². The molecule has 2 rings (SSSR count). The standard InChI is InChI=1S/C20H20O4/c1-13(2)11-23-19(21)17-9-10-18(20(22)24-12-14(3)4)16-8-6-5-7-15(16)17/h5-10H,1,3,11-12H2,2,4H3. The quantitative estimate of drug-likeness (QED) is 0.587. The molecule has 0 amide bonds. The smallest absolute Gasteiger partial charge is 0.339 e. The van der Waals surface area contributed by atoms with Crippen molar-refractivity contribution < 1.29 is 19.1 Å². The van der Waals surface area contributed by atoms with Gasteiger partial charge in [0.15, 0.2) is 0 Å². The summed E-state index contributed by atoms with van der Waals surface area (Å²) in [7, 11) is 0. The zero-order valence-corrected chi connectivity index (χ0v) is 13.9. The fraction of sp³-hybridized carbons (Fsp3) is 0.200. The zero-order valence-electron chi connectivity index (χ0n) is 13.9. The number of ether oxygens (including phenoxy) is 2. The summed E-state index contributed by atoms with van der Waals surface area (Å²) in [5.74, 6) is -0.896. The van der Waals surface area contributed by atoms with E-state index < -0.39 is 11.9 Å². The highest BCUT2D eigenvalue weighted by Gasteiger charge is 2.17. The minimum atomic E-state index is -0.448. The van der Waals surface area contributed by atoms with Crippen molar-refractivity contribution in [3.8, 4) is 0 Å². The third-order valence-corrected chi connectivity index (χ3v) is 3.26. The van der Waals surface area contributed by atoms with Gasteiger partial charge in [-0.2, -0.15) is 0 Å². The molecule has 2 aromatic rings. The molecule has 0 saturated heterocycles. The largest absolute Gasteiger partial charge is 0.458 e.